The van der Waals surface area contributed by atoms with Gasteiger partial charge in [0.05, 0.1) is 11.7 Å². The van der Waals surface area contributed by atoms with Crippen molar-refractivity contribution < 1.29 is 19.4 Å². The van der Waals surface area contributed by atoms with E-state index in [-0.39, 0.29) is 17.7 Å². The van der Waals surface area contributed by atoms with Crippen molar-refractivity contribution in [3.05, 3.63) is 29.8 Å². The summed E-state index contributed by atoms with van der Waals surface area (Å²) in [7, 11) is 0. The van der Waals surface area contributed by atoms with Gasteiger partial charge in [0.15, 0.2) is 0 Å². The Morgan fingerprint density at radius 3 is 2.55 bits per heavy atom. The molecule has 7 nitrogen and oxygen atoms in total. The Hall–Kier alpha value is -1.83. The monoisotopic (exact) mass is 459 g/mol. The van der Waals surface area contributed by atoms with Crippen molar-refractivity contribution in [2.75, 3.05) is 52.5 Å². The number of hydrogen-bond donors (Lipinski definition) is 2. The second-order valence-electron chi connectivity index (χ2n) is 10.4. The van der Waals surface area contributed by atoms with E-state index < -0.39 is 0 Å². The summed E-state index contributed by atoms with van der Waals surface area (Å²) in [4.78, 5) is 16.9. The molecular formula is C26H41N3O4. The Kier molecular flexibility index (Phi) is 8.15. The fraction of sp³-hybridized carbons (Fsp3) is 0.731. The van der Waals surface area contributed by atoms with Crippen LogP contribution in [0.15, 0.2) is 24.3 Å². The van der Waals surface area contributed by atoms with Gasteiger partial charge in [-0.25, -0.2) is 4.79 Å². The Balaban J connectivity index is 1.11. The molecule has 33 heavy (non-hydrogen) atoms. The van der Waals surface area contributed by atoms with Crippen LogP contribution in [0.4, 0.5) is 4.79 Å². The molecule has 1 spiro atoms. The van der Waals surface area contributed by atoms with E-state index in [0.717, 1.165) is 56.4 Å². The highest BCUT2D eigenvalue weighted by molar-refractivity contribution is 5.74. The van der Waals surface area contributed by atoms with Gasteiger partial charge in [-0.3, -0.25) is 4.90 Å². The maximum atomic E-state index is 12.5. The second-order valence-corrected chi connectivity index (χ2v) is 10.4. The molecule has 3 saturated heterocycles. The highest BCUT2D eigenvalue weighted by Crippen LogP contribution is 2.35. The van der Waals surface area contributed by atoms with Gasteiger partial charge in [0, 0.05) is 52.3 Å². The quantitative estimate of drug-likeness (QED) is 0.656. The molecule has 1 aromatic rings. The Bertz CT molecular complexity index is 753. The third kappa shape index (κ3) is 6.61. The van der Waals surface area contributed by atoms with Crippen molar-refractivity contribution in [3.8, 4) is 5.75 Å². The van der Waals surface area contributed by atoms with E-state index in [2.05, 4.69) is 36.2 Å². The third-order valence-electron chi connectivity index (χ3n) is 7.78. The summed E-state index contributed by atoms with van der Waals surface area (Å²) >= 11 is 0. The molecule has 3 aliphatic heterocycles. The number of nitrogens with one attached hydrogen (secondary N) is 1. The van der Waals surface area contributed by atoms with Crippen LogP contribution >= 0.6 is 0 Å². The molecule has 3 aliphatic rings. The van der Waals surface area contributed by atoms with Crippen molar-refractivity contribution in [3.63, 3.8) is 0 Å². The number of ether oxygens (including phenoxy) is 2. The normalized spacial score (nSPS) is 27.6. The smallest absolute Gasteiger partial charge is 0.317 e. The minimum Gasteiger partial charge on any atom is -0.492 e. The molecule has 0 saturated carbocycles. The summed E-state index contributed by atoms with van der Waals surface area (Å²) in [6.07, 6.45) is 3.54. The topological polar surface area (TPSA) is 74.3 Å². The van der Waals surface area contributed by atoms with E-state index in [1.807, 2.05) is 17.0 Å². The minimum atomic E-state index is -0.270. The van der Waals surface area contributed by atoms with Gasteiger partial charge in [-0.2, -0.15) is 0 Å². The van der Waals surface area contributed by atoms with Gasteiger partial charge in [0.25, 0.3) is 0 Å². The second kappa shape index (κ2) is 11.1. The van der Waals surface area contributed by atoms with Crippen LogP contribution in [0.1, 0.15) is 45.1 Å². The predicted octanol–water partition coefficient (Wildman–Crippen LogP) is 2.91. The molecule has 0 aromatic heterocycles. The van der Waals surface area contributed by atoms with E-state index in [4.69, 9.17) is 9.47 Å². The molecule has 2 amide bonds. The van der Waals surface area contributed by atoms with Crippen molar-refractivity contribution in [2.24, 2.45) is 11.8 Å². The van der Waals surface area contributed by atoms with E-state index in [1.165, 1.54) is 18.7 Å². The average Bonchev–Trinajstić information content (AvgIpc) is 3.12. The summed E-state index contributed by atoms with van der Waals surface area (Å²) in [6, 6.07) is 8.20. The highest BCUT2D eigenvalue weighted by Gasteiger charge is 2.40. The first kappa shape index (κ1) is 24.3. The molecule has 7 heteroatoms. The molecule has 2 N–H and O–H groups in total. The summed E-state index contributed by atoms with van der Waals surface area (Å²) in [5.41, 5.74) is 0.955. The Labute approximate surface area is 198 Å². The lowest BCUT2D eigenvalue weighted by Crippen LogP contribution is -2.53. The average molecular weight is 460 g/mol. The zero-order chi connectivity index (χ0) is 23.3. The van der Waals surface area contributed by atoms with E-state index >= 15 is 0 Å². The van der Waals surface area contributed by atoms with Crippen LogP contribution in [0.25, 0.3) is 0 Å². The molecule has 3 heterocycles. The first-order valence-corrected chi connectivity index (χ1v) is 12.7. The number of aliphatic hydroxyl groups is 1. The zero-order valence-corrected chi connectivity index (χ0v) is 20.3. The third-order valence-corrected chi connectivity index (χ3v) is 7.78. The number of likely N-dealkylation sites (tertiary alicyclic amines) is 2. The number of benzene rings is 1. The van der Waals surface area contributed by atoms with Crippen molar-refractivity contribution in [1.29, 1.82) is 0 Å². The molecule has 184 valence electrons. The summed E-state index contributed by atoms with van der Waals surface area (Å²) in [6.45, 7) is 11.3. The molecule has 3 fully saturated rings. The highest BCUT2D eigenvalue weighted by atomic mass is 16.5. The molecule has 0 aliphatic carbocycles. The molecule has 1 aromatic carbocycles. The first-order chi connectivity index (χ1) is 15.9. The lowest BCUT2D eigenvalue weighted by Gasteiger charge is -2.45. The number of aliphatic hydroxyl groups excluding tert-OH is 1. The maximum absolute atomic E-state index is 12.5. The van der Waals surface area contributed by atoms with Crippen molar-refractivity contribution in [2.45, 2.75) is 57.7 Å². The SMILES string of the molecule is CC1CN(CCOc2ccc(CCNC(=O)N3CCC4(CC3)CC(O)CCO4)cc2)CC1C. The minimum absolute atomic E-state index is 0.00768. The summed E-state index contributed by atoms with van der Waals surface area (Å²) in [5.74, 6) is 2.45. The van der Waals surface area contributed by atoms with Crippen LogP contribution < -0.4 is 10.1 Å². The van der Waals surface area contributed by atoms with E-state index in [0.29, 0.717) is 32.7 Å². The Morgan fingerprint density at radius 1 is 1.18 bits per heavy atom. The van der Waals surface area contributed by atoms with Gasteiger partial charge in [-0.05, 0) is 55.2 Å². The lowest BCUT2D eigenvalue weighted by atomic mass is 9.83. The number of carbonyl (C=O) groups excluding carboxylic acids is 1. The van der Waals surface area contributed by atoms with Crippen molar-refractivity contribution >= 4 is 6.03 Å². The number of carbonyl (C=O) groups is 1. The van der Waals surface area contributed by atoms with Gasteiger partial charge in [0.2, 0.25) is 0 Å². The maximum Gasteiger partial charge on any atom is 0.317 e. The number of piperidine rings is 1. The van der Waals surface area contributed by atoms with Crippen LogP contribution in [0.5, 0.6) is 5.75 Å². The molecule has 4 rings (SSSR count). The zero-order valence-electron chi connectivity index (χ0n) is 20.3. The standard InChI is InChI=1S/C26H41N3O4/c1-20-18-28(19-21(20)2)14-16-32-24-5-3-22(4-6-24)7-11-27-25(31)29-12-9-26(10-13-29)17-23(30)8-15-33-26/h3-6,20-21,23,30H,7-19H2,1-2H3,(H,27,31). The van der Waals surface area contributed by atoms with Crippen LogP contribution in [0.2, 0.25) is 0 Å². The molecule has 0 radical (unpaired) electrons. The summed E-state index contributed by atoms with van der Waals surface area (Å²) < 4.78 is 11.9. The van der Waals surface area contributed by atoms with E-state index in [9.17, 15) is 9.90 Å². The van der Waals surface area contributed by atoms with E-state index in [1.54, 1.807) is 0 Å². The fourth-order valence-corrected chi connectivity index (χ4v) is 5.37. The lowest BCUT2D eigenvalue weighted by molar-refractivity contribution is -0.139. The van der Waals surface area contributed by atoms with Crippen LogP contribution in [0, 0.1) is 11.8 Å². The molecular weight excluding hydrogens is 418 g/mol. The van der Waals surface area contributed by atoms with Gasteiger partial charge < -0.3 is 24.8 Å². The number of hydrogen-bond acceptors (Lipinski definition) is 5. The number of nitrogens with zero attached hydrogens (tertiary/aromatic N) is 2. The number of rotatable bonds is 7. The Morgan fingerprint density at radius 2 is 1.88 bits per heavy atom. The number of urea groups is 1. The first-order valence-electron chi connectivity index (χ1n) is 12.7. The van der Waals surface area contributed by atoms with Gasteiger partial charge in [0.1, 0.15) is 12.4 Å². The summed E-state index contributed by atoms with van der Waals surface area (Å²) in [5, 5.41) is 13.0. The molecule has 3 atom stereocenters. The number of amides is 2. The van der Waals surface area contributed by atoms with Crippen LogP contribution in [-0.4, -0.2) is 85.1 Å². The predicted molar refractivity (Wildman–Crippen MR) is 129 cm³/mol. The largest absolute Gasteiger partial charge is 0.492 e. The van der Waals surface area contributed by atoms with Crippen molar-refractivity contribution in [1.82, 2.24) is 15.1 Å². The molecule has 3 unspecified atom stereocenters. The van der Waals surface area contributed by atoms with Gasteiger partial charge in [-0.15, -0.1) is 0 Å². The van der Waals surface area contributed by atoms with Gasteiger partial charge >= 0.3 is 6.03 Å². The fourth-order valence-electron chi connectivity index (χ4n) is 5.37. The molecule has 0 bridgehead atoms. The van der Waals surface area contributed by atoms with Crippen LogP contribution in [-0.2, 0) is 11.2 Å². The van der Waals surface area contributed by atoms with Gasteiger partial charge in [-0.1, -0.05) is 26.0 Å². The van der Waals surface area contributed by atoms with Crippen LogP contribution in [0.3, 0.4) is 0 Å².